The van der Waals surface area contributed by atoms with Crippen molar-refractivity contribution in [3.05, 3.63) is 42.0 Å². The van der Waals surface area contributed by atoms with Crippen LogP contribution in [0.1, 0.15) is 19.5 Å². The van der Waals surface area contributed by atoms with Gasteiger partial charge in [0.1, 0.15) is 12.1 Å². The molecule has 0 aliphatic heterocycles. The van der Waals surface area contributed by atoms with E-state index in [-0.39, 0.29) is 5.82 Å². The Morgan fingerprint density at radius 2 is 2.10 bits per heavy atom. The van der Waals surface area contributed by atoms with Crippen LogP contribution in [0.3, 0.4) is 0 Å². The molecule has 1 aromatic heterocycles. The highest BCUT2D eigenvalue weighted by Crippen LogP contribution is 2.25. The highest BCUT2D eigenvalue weighted by Gasteiger charge is 2.14. The summed E-state index contributed by atoms with van der Waals surface area (Å²) in [6, 6.07) is 6.93. The summed E-state index contributed by atoms with van der Waals surface area (Å²) in [6.45, 7) is 5.86. The minimum absolute atomic E-state index is 0.298. The summed E-state index contributed by atoms with van der Waals surface area (Å²) in [7, 11) is 1.73. The molecule has 0 saturated heterocycles. The van der Waals surface area contributed by atoms with Gasteiger partial charge in [-0.1, -0.05) is 26.0 Å². The van der Waals surface area contributed by atoms with Gasteiger partial charge >= 0.3 is 6.01 Å². The molecular weight excluding hydrogens is 257 g/mol. The molecule has 1 N–H and O–H groups in total. The van der Waals surface area contributed by atoms with Gasteiger partial charge in [0.05, 0.1) is 11.4 Å². The lowest BCUT2D eigenvalue weighted by Crippen LogP contribution is -2.19. The van der Waals surface area contributed by atoms with E-state index in [1.807, 2.05) is 0 Å². The van der Waals surface area contributed by atoms with Crippen molar-refractivity contribution in [2.45, 2.75) is 20.4 Å². The normalized spacial score (nSPS) is 11.1. The van der Waals surface area contributed by atoms with Gasteiger partial charge < -0.3 is 9.73 Å². The van der Waals surface area contributed by atoms with Gasteiger partial charge in [0, 0.05) is 13.6 Å². The molecule has 4 nitrogen and oxygen atoms in total. The van der Waals surface area contributed by atoms with Crippen molar-refractivity contribution in [3.63, 3.8) is 0 Å². The smallest absolute Gasteiger partial charge is 0.301 e. The van der Waals surface area contributed by atoms with Crippen molar-refractivity contribution in [2.75, 3.05) is 18.5 Å². The Morgan fingerprint density at radius 1 is 1.35 bits per heavy atom. The van der Waals surface area contributed by atoms with Gasteiger partial charge in [-0.05, 0) is 24.6 Å². The zero-order valence-corrected chi connectivity index (χ0v) is 12.1. The van der Waals surface area contributed by atoms with Gasteiger partial charge in [-0.3, -0.25) is 4.90 Å². The van der Waals surface area contributed by atoms with Crippen LogP contribution in [0.5, 0.6) is 0 Å². The maximum atomic E-state index is 13.7. The molecule has 0 unspecified atom stereocenters. The number of benzene rings is 1. The molecule has 20 heavy (non-hydrogen) atoms. The molecule has 0 radical (unpaired) electrons. The van der Waals surface area contributed by atoms with Crippen molar-refractivity contribution in [1.29, 1.82) is 0 Å². The van der Waals surface area contributed by atoms with E-state index in [2.05, 4.69) is 24.1 Å². The highest BCUT2D eigenvalue weighted by molar-refractivity contribution is 5.55. The summed E-state index contributed by atoms with van der Waals surface area (Å²) in [5.74, 6) is 0.287. The molecule has 0 aliphatic carbocycles. The standard InChI is InChI=1S/C15H20FN3O/c1-11(2)8-17-9-12-10-20-15(18-12)19(3)14-7-5-4-6-13(14)16/h4-7,10-11,17H,8-9H2,1-3H3. The van der Waals surface area contributed by atoms with E-state index in [0.29, 0.717) is 24.2 Å². The lowest BCUT2D eigenvalue weighted by atomic mass is 10.2. The lowest BCUT2D eigenvalue weighted by Gasteiger charge is -2.14. The van der Waals surface area contributed by atoms with Gasteiger partial charge in [0.15, 0.2) is 0 Å². The molecule has 0 amide bonds. The molecule has 5 heteroatoms. The van der Waals surface area contributed by atoms with Crippen molar-refractivity contribution >= 4 is 11.7 Å². The molecule has 0 atom stereocenters. The summed E-state index contributed by atoms with van der Waals surface area (Å²) < 4.78 is 19.1. The van der Waals surface area contributed by atoms with Gasteiger partial charge in [-0.15, -0.1) is 0 Å². The summed E-state index contributed by atoms with van der Waals surface area (Å²) in [6.07, 6.45) is 1.60. The van der Waals surface area contributed by atoms with Gasteiger partial charge in [0.2, 0.25) is 0 Å². The first-order chi connectivity index (χ1) is 9.58. The van der Waals surface area contributed by atoms with Crippen LogP contribution >= 0.6 is 0 Å². The number of para-hydroxylation sites is 1. The van der Waals surface area contributed by atoms with Crippen LogP contribution in [-0.4, -0.2) is 18.6 Å². The molecule has 0 fully saturated rings. The minimum atomic E-state index is -0.298. The predicted octanol–water partition coefficient (Wildman–Crippen LogP) is 3.33. The van der Waals surface area contributed by atoms with E-state index in [1.54, 1.807) is 36.4 Å². The number of rotatable bonds is 6. The zero-order valence-electron chi connectivity index (χ0n) is 12.1. The first kappa shape index (κ1) is 14.5. The number of hydrogen-bond donors (Lipinski definition) is 1. The third-order valence-electron chi connectivity index (χ3n) is 2.90. The summed E-state index contributed by atoms with van der Waals surface area (Å²) in [5.41, 5.74) is 1.25. The third-order valence-corrected chi connectivity index (χ3v) is 2.90. The van der Waals surface area contributed by atoms with Crippen molar-refractivity contribution in [1.82, 2.24) is 10.3 Å². The zero-order chi connectivity index (χ0) is 14.5. The quantitative estimate of drug-likeness (QED) is 0.879. The molecule has 108 valence electrons. The first-order valence-corrected chi connectivity index (χ1v) is 6.71. The number of nitrogens with one attached hydrogen (secondary N) is 1. The Kier molecular flexibility index (Phi) is 4.74. The average molecular weight is 277 g/mol. The maximum Gasteiger partial charge on any atom is 0.301 e. The number of hydrogen-bond acceptors (Lipinski definition) is 4. The fraction of sp³-hybridized carbons (Fsp3) is 0.400. The second-order valence-corrected chi connectivity index (χ2v) is 5.16. The highest BCUT2D eigenvalue weighted by atomic mass is 19.1. The minimum Gasteiger partial charge on any atom is -0.431 e. The Balaban J connectivity index is 2.03. The molecular formula is C15H20FN3O. The Morgan fingerprint density at radius 3 is 2.80 bits per heavy atom. The Bertz CT molecular complexity index is 554. The Hall–Kier alpha value is -1.88. The van der Waals surface area contributed by atoms with Gasteiger partial charge in [-0.2, -0.15) is 4.98 Å². The van der Waals surface area contributed by atoms with Crippen LogP contribution in [0, 0.1) is 11.7 Å². The maximum absolute atomic E-state index is 13.7. The lowest BCUT2D eigenvalue weighted by molar-refractivity contribution is 0.539. The van der Waals surface area contributed by atoms with Crippen molar-refractivity contribution in [2.24, 2.45) is 5.92 Å². The van der Waals surface area contributed by atoms with Crippen LogP contribution in [-0.2, 0) is 6.54 Å². The van der Waals surface area contributed by atoms with E-state index < -0.39 is 0 Å². The molecule has 0 aliphatic rings. The number of anilines is 2. The third kappa shape index (κ3) is 3.57. The molecule has 0 bridgehead atoms. The second-order valence-electron chi connectivity index (χ2n) is 5.16. The van der Waals surface area contributed by atoms with Crippen LogP contribution in [0.15, 0.2) is 34.9 Å². The van der Waals surface area contributed by atoms with Crippen LogP contribution in [0.4, 0.5) is 16.1 Å². The van der Waals surface area contributed by atoms with Gasteiger partial charge in [0.25, 0.3) is 0 Å². The molecule has 0 spiro atoms. The SMILES string of the molecule is CC(C)CNCc1coc(N(C)c2ccccc2F)n1. The van der Waals surface area contributed by atoms with E-state index in [9.17, 15) is 4.39 Å². The number of halogens is 1. The van der Waals surface area contributed by atoms with Crippen LogP contribution < -0.4 is 10.2 Å². The monoisotopic (exact) mass is 277 g/mol. The first-order valence-electron chi connectivity index (χ1n) is 6.71. The van der Waals surface area contributed by atoms with Crippen LogP contribution in [0.25, 0.3) is 0 Å². The fourth-order valence-corrected chi connectivity index (χ4v) is 1.85. The van der Waals surface area contributed by atoms with E-state index in [4.69, 9.17) is 4.42 Å². The van der Waals surface area contributed by atoms with E-state index in [1.165, 1.54) is 6.07 Å². The Labute approximate surface area is 118 Å². The van der Waals surface area contributed by atoms with E-state index in [0.717, 1.165) is 12.2 Å². The topological polar surface area (TPSA) is 41.3 Å². The molecule has 2 aromatic rings. The van der Waals surface area contributed by atoms with Crippen molar-refractivity contribution < 1.29 is 8.81 Å². The molecule has 1 aromatic carbocycles. The van der Waals surface area contributed by atoms with E-state index >= 15 is 0 Å². The summed E-state index contributed by atoms with van der Waals surface area (Å²) in [5, 5.41) is 3.29. The molecule has 0 saturated carbocycles. The molecule has 1 heterocycles. The second kappa shape index (κ2) is 6.52. The summed E-state index contributed by atoms with van der Waals surface area (Å²) in [4.78, 5) is 5.95. The fourth-order valence-electron chi connectivity index (χ4n) is 1.85. The number of aromatic nitrogens is 1. The molecule has 2 rings (SSSR count). The average Bonchev–Trinajstić information content (AvgIpc) is 2.87. The largest absolute Gasteiger partial charge is 0.431 e. The van der Waals surface area contributed by atoms with Gasteiger partial charge in [-0.25, -0.2) is 4.39 Å². The van der Waals surface area contributed by atoms with Crippen LogP contribution in [0.2, 0.25) is 0 Å². The predicted molar refractivity (Wildman–Crippen MR) is 77.5 cm³/mol. The number of oxazole rings is 1. The summed E-state index contributed by atoms with van der Waals surface area (Å²) >= 11 is 0. The van der Waals surface area contributed by atoms with Crippen molar-refractivity contribution in [3.8, 4) is 0 Å². The number of nitrogens with zero attached hydrogens (tertiary/aromatic N) is 2.